The molecule has 31 heavy (non-hydrogen) atoms. The number of ether oxygens (including phenoxy) is 1. The molecule has 8 heteroatoms. The molecule has 3 N–H and O–H groups in total. The van der Waals surface area contributed by atoms with Crippen molar-refractivity contribution < 1.29 is 14.3 Å². The first-order valence-corrected chi connectivity index (χ1v) is 11.0. The van der Waals surface area contributed by atoms with E-state index in [1.165, 1.54) is 11.5 Å². The van der Waals surface area contributed by atoms with Crippen LogP contribution in [0, 0.1) is 0 Å². The summed E-state index contributed by atoms with van der Waals surface area (Å²) in [5.74, 6) is 0.544. The Bertz CT molecular complexity index is 1010. The number of nitrogens with zero attached hydrogens (tertiary/aromatic N) is 1. The Morgan fingerprint density at radius 1 is 1.03 bits per heavy atom. The number of aromatic nitrogens is 1. The molecular formula is C23H28N4O3S. The van der Waals surface area contributed by atoms with Crippen LogP contribution in [0.25, 0.3) is 10.1 Å². The minimum absolute atomic E-state index is 0.264. The van der Waals surface area contributed by atoms with Gasteiger partial charge in [0.05, 0.1) is 4.70 Å². The normalized spacial score (nSPS) is 12.2. The number of benzene rings is 2. The molecule has 2 aromatic carbocycles. The van der Waals surface area contributed by atoms with Crippen molar-refractivity contribution in [3.05, 3.63) is 60.2 Å². The Morgan fingerprint density at radius 3 is 2.48 bits per heavy atom. The lowest BCUT2D eigenvalue weighted by Crippen LogP contribution is -2.50. The SMILES string of the molecule is CC(C)(C)OC(=O)NC(Cc1ccccc1)C(=O)NCCNc1nsc2ccccc12. The van der Waals surface area contributed by atoms with E-state index in [0.29, 0.717) is 19.5 Å². The third-order valence-electron chi connectivity index (χ3n) is 4.38. The van der Waals surface area contributed by atoms with Crippen LogP contribution in [0.1, 0.15) is 26.3 Å². The van der Waals surface area contributed by atoms with Crippen LogP contribution in [-0.2, 0) is 16.0 Å². The molecule has 0 aliphatic heterocycles. The third kappa shape index (κ3) is 6.96. The van der Waals surface area contributed by atoms with Crippen molar-refractivity contribution in [3.63, 3.8) is 0 Å². The number of alkyl carbamates (subject to hydrolysis) is 1. The summed E-state index contributed by atoms with van der Waals surface area (Å²) in [5, 5.41) is 9.90. The fourth-order valence-corrected chi connectivity index (χ4v) is 3.77. The van der Waals surface area contributed by atoms with Gasteiger partial charge < -0.3 is 20.7 Å². The van der Waals surface area contributed by atoms with Crippen LogP contribution in [0.3, 0.4) is 0 Å². The van der Waals surface area contributed by atoms with Crippen LogP contribution in [0.4, 0.5) is 10.6 Å². The molecule has 3 aromatic rings. The minimum Gasteiger partial charge on any atom is -0.444 e. The highest BCUT2D eigenvalue weighted by atomic mass is 32.1. The molecular weight excluding hydrogens is 412 g/mol. The van der Waals surface area contributed by atoms with E-state index in [2.05, 4.69) is 20.3 Å². The van der Waals surface area contributed by atoms with Crippen LogP contribution in [0.2, 0.25) is 0 Å². The summed E-state index contributed by atoms with van der Waals surface area (Å²) in [7, 11) is 0. The molecule has 3 rings (SSSR count). The van der Waals surface area contributed by atoms with Gasteiger partial charge in [0.1, 0.15) is 17.5 Å². The summed E-state index contributed by atoms with van der Waals surface area (Å²) in [6.45, 7) is 6.27. The van der Waals surface area contributed by atoms with E-state index < -0.39 is 17.7 Å². The molecule has 0 aliphatic rings. The second-order valence-corrected chi connectivity index (χ2v) is 8.94. The lowest BCUT2D eigenvalue weighted by atomic mass is 10.1. The molecule has 0 saturated carbocycles. The van der Waals surface area contributed by atoms with Crippen molar-refractivity contribution in [2.75, 3.05) is 18.4 Å². The van der Waals surface area contributed by atoms with E-state index in [-0.39, 0.29) is 5.91 Å². The van der Waals surface area contributed by atoms with Gasteiger partial charge in [-0.05, 0) is 50.0 Å². The molecule has 0 aliphatic carbocycles. The number of anilines is 1. The highest BCUT2D eigenvalue weighted by molar-refractivity contribution is 7.13. The van der Waals surface area contributed by atoms with E-state index in [4.69, 9.17) is 4.74 Å². The van der Waals surface area contributed by atoms with Gasteiger partial charge in [-0.15, -0.1) is 0 Å². The van der Waals surface area contributed by atoms with E-state index in [1.54, 1.807) is 20.8 Å². The van der Waals surface area contributed by atoms with E-state index in [0.717, 1.165) is 21.5 Å². The predicted molar refractivity (Wildman–Crippen MR) is 124 cm³/mol. The van der Waals surface area contributed by atoms with Crippen LogP contribution in [-0.4, -0.2) is 41.1 Å². The van der Waals surface area contributed by atoms with Crippen LogP contribution in [0.15, 0.2) is 54.6 Å². The number of hydrogen-bond acceptors (Lipinski definition) is 6. The number of fused-ring (bicyclic) bond motifs is 1. The Labute approximate surface area is 186 Å². The van der Waals surface area contributed by atoms with Crippen molar-refractivity contribution in [3.8, 4) is 0 Å². The fraction of sp³-hybridized carbons (Fsp3) is 0.348. The highest BCUT2D eigenvalue weighted by Gasteiger charge is 2.24. The number of hydrogen-bond donors (Lipinski definition) is 3. The number of rotatable bonds is 8. The largest absolute Gasteiger partial charge is 0.444 e. The maximum atomic E-state index is 12.8. The van der Waals surface area contributed by atoms with Crippen molar-refractivity contribution in [2.24, 2.45) is 0 Å². The maximum absolute atomic E-state index is 12.8. The zero-order valence-electron chi connectivity index (χ0n) is 18.0. The molecule has 2 amide bonds. The zero-order chi connectivity index (χ0) is 22.3. The summed E-state index contributed by atoms with van der Waals surface area (Å²) in [5.41, 5.74) is 0.309. The summed E-state index contributed by atoms with van der Waals surface area (Å²) in [4.78, 5) is 25.0. The lowest BCUT2D eigenvalue weighted by molar-refractivity contribution is -0.123. The molecule has 0 spiro atoms. The van der Waals surface area contributed by atoms with Gasteiger partial charge in [-0.3, -0.25) is 4.79 Å². The van der Waals surface area contributed by atoms with Crippen molar-refractivity contribution in [2.45, 2.75) is 38.8 Å². The first-order chi connectivity index (χ1) is 14.8. The molecule has 0 saturated heterocycles. The Morgan fingerprint density at radius 2 is 1.74 bits per heavy atom. The standard InChI is InChI=1S/C23H28N4O3S/c1-23(2,3)30-22(29)26-18(15-16-9-5-4-6-10-16)21(28)25-14-13-24-20-17-11-7-8-12-19(17)31-27-20/h4-12,18H,13-15H2,1-3H3,(H,24,27)(H,25,28)(H,26,29). The Hall–Kier alpha value is -3.13. The summed E-state index contributed by atoms with van der Waals surface area (Å²) in [6, 6.07) is 16.8. The first kappa shape index (κ1) is 22.6. The predicted octanol–water partition coefficient (Wildman–Crippen LogP) is 3.96. The van der Waals surface area contributed by atoms with Crippen LogP contribution >= 0.6 is 11.5 Å². The second-order valence-electron chi connectivity index (χ2n) is 8.13. The average Bonchev–Trinajstić information content (AvgIpc) is 3.13. The number of amides is 2. The van der Waals surface area contributed by atoms with Crippen LogP contribution in [0.5, 0.6) is 0 Å². The van der Waals surface area contributed by atoms with Gasteiger partial charge >= 0.3 is 6.09 Å². The smallest absolute Gasteiger partial charge is 0.408 e. The molecule has 1 aromatic heterocycles. The molecule has 0 radical (unpaired) electrons. The summed E-state index contributed by atoms with van der Waals surface area (Å²) < 4.78 is 10.9. The second kappa shape index (κ2) is 10.3. The van der Waals surface area contributed by atoms with Crippen molar-refractivity contribution >= 4 is 39.4 Å². The quantitative estimate of drug-likeness (QED) is 0.461. The summed E-state index contributed by atoms with van der Waals surface area (Å²) >= 11 is 1.43. The third-order valence-corrected chi connectivity index (χ3v) is 5.21. The topological polar surface area (TPSA) is 92.3 Å². The van der Waals surface area contributed by atoms with E-state index in [1.807, 2.05) is 54.6 Å². The lowest BCUT2D eigenvalue weighted by Gasteiger charge is -2.23. The van der Waals surface area contributed by atoms with E-state index >= 15 is 0 Å². The Balaban J connectivity index is 1.56. The van der Waals surface area contributed by atoms with Gasteiger partial charge in [0.15, 0.2) is 0 Å². The molecule has 164 valence electrons. The van der Waals surface area contributed by atoms with Crippen LogP contribution < -0.4 is 16.0 Å². The van der Waals surface area contributed by atoms with Gasteiger partial charge in [0, 0.05) is 24.9 Å². The van der Waals surface area contributed by atoms with Crippen molar-refractivity contribution in [1.82, 2.24) is 15.0 Å². The molecule has 0 fully saturated rings. The van der Waals surface area contributed by atoms with Gasteiger partial charge in [-0.2, -0.15) is 4.37 Å². The van der Waals surface area contributed by atoms with Gasteiger partial charge in [-0.25, -0.2) is 4.79 Å². The molecule has 1 atom stereocenters. The first-order valence-electron chi connectivity index (χ1n) is 10.2. The number of carbonyl (C=O) groups is 2. The van der Waals surface area contributed by atoms with Gasteiger partial charge in [0.25, 0.3) is 0 Å². The Kier molecular flexibility index (Phi) is 7.46. The maximum Gasteiger partial charge on any atom is 0.408 e. The average molecular weight is 441 g/mol. The fourth-order valence-electron chi connectivity index (χ4n) is 3.01. The molecule has 1 heterocycles. The van der Waals surface area contributed by atoms with E-state index in [9.17, 15) is 9.59 Å². The molecule has 1 unspecified atom stereocenters. The monoisotopic (exact) mass is 440 g/mol. The van der Waals surface area contributed by atoms with Crippen molar-refractivity contribution in [1.29, 1.82) is 0 Å². The minimum atomic E-state index is -0.739. The number of carbonyl (C=O) groups excluding carboxylic acids is 2. The van der Waals surface area contributed by atoms with Gasteiger partial charge in [-0.1, -0.05) is 42.5 Å². The zero-order valence-corrected chi connectivity index (χ0v) is 18.8. The highest BCUT2D eigenvalue weighted by Crippen LogP contribution is 2.25. The molecule has 0 bridgehead atoms. The number of nitrogens with one attached hydrogen (secondary N) is 3. The molecule has 7 nitrogen and oxygen atoms in total. The summed E-state index contributed by atoms with van der Waals surface area (Å²) in [6.07, 6.45) is -0.244. The van der Waals surface area contributed by atoms with Gasteiger partial charge in [0.2, 0.25) is 5.91 Å².